The van der Waals surface area contributed by atoms with E-state index in [4.69, 9.17) is 17.3 Å². The van der Waals surface area contributed by atoms with Gasteiger partial charge in [-0.1, -0.05) is 17.7 Å². The third-order valence-electron chi connectivity index (χ3n) is 2.52. The van der Waals surface area contributed by atoms with Gasteiger partial charge >= 0.3 is 0 Å². The molecule has 0 saturated heterocycles. The first kappa shape index (κ1) is 8.85. The van der Waals surface area contributed by atoms with Gasteiger partial charge in [0.15, 0.2) is 0 Å². The molecule has 3 heteroatoms. The molecule has 1 aromatic rings. The second-order valence-corrected chi connectivity index (χ2v) is 4.18. The van der Waals surface area contributed by atoms with E-state index >= 15 is 0 Å². The van der Waals surface area contributed by atoms with Gasteiger partial charge in [0.1, 0.15) is 5.75 Å². The van der Waals surface area contributed by atoms with E-state index in [2.05, 4.69) is 0 Å². The lowest BCUT2D eigenvalue weighted by atomic mass is 10.0. The van der Waals surface area contributed by atoms with Crippen LogP contribution < -0.4 is 5.73 Å². The number of aryl methyl sites for hydroxylation is 1. The molecule has 2 nitrogen and oxygen atoms in total. The third-order valence-corrected chi connectivity index (χ3v) is 2.92. The first-order valence-corrected chi connectivity index (χ1v) is 4.69. The minimum absolute atomic E-state index is 0.133. The van der Waals surface area contributed by atoms with Gasteiger partial charge in [-0.05, 0) is 37.0 Å². The second-order valence-electron chi connectivity index (χ2n) is 3.80. The molecule has 1 aliphatic carbocycles. The van der Waals surface area contributed by atoms with E-state index in [-0.39, 0.29) is 11.3 Å². The predicted octanol–water partition coefficient (Wildman–Crippen LogP) is 2.30. The lowest BCUT2D eigenvalue weighted by Crippen LogP contribution is -2.19. The summed E-state index contributed by atoms with van der Waals surface area (Å²) in [6.07, 6.45) is 1.91. The van der Waals surface area contributed by atoms with Crippen LogP contribution >= 0.6 is 11.6 Å². The van der Waals surface area contributed by atoms with E-state index in [9.17, 15) is 5.11 Å². The minimum Gasteiger partial charge on any atom is -0.506 e. The summed E-state index contributed by atoms with van der Waals surface area (Å²) in [7, 11) is 0. The number of nitrogens with two attached hydrogens (primary N) is 1. The zero-order valence-electron chi connectivity index (χ0n) is 7.47. The fourth-order valence-electron chi connectivity index (χ4n) is 1.52. The molecule has 2 rings (SSSR count). The Bertz CT molecular complexity index is 358. The number of hydrogen-bond donors (Lipinski definition) is 2. The van der Waals surface area contributed by atoms with Crippen LogP contribution in [0.4, 0.5) is 0 Å². The van der Waals surface area contributed by atoms with Crippen LogP contribution in [-0.4, -0.2) is 5.11 Å². The van der Waals surface area contributed by atoms with Gasteiger partial charge in [0, 0.05) is 5.54 Å². The first-order valence-electron chi connectivity index (χ1n) is 4.31. The normalized spacial score (nSPS) is 18.7. The highest BCUT2D eigenvalue weighted by Gasteiger charge is 2.42. The minimum atomic E-state index is -0.277. The highest BCUT2D eigenvalue weighted by molar-refractivity contribution is 6.33. The van der Waals surface area contributed by atoms with Gasteiger partial charge in [-0.15, -0.1) is 0 Å². The molecule has 0 spiro atoms. The van der Waals surface area contributed by atoms with Crippen LogP contribution in [0.3, 0.4) is 0 Å². The Morgan fingerprint density at radius 1 is 1.46 bits per heavy atom. The van der Waals surface area contributed by atoms with Crippen LogP contribution in [0.1, 0.15) is 24.0 Å². The van der Waals surface area contributed by atoms with Crippen molar-refractivity contribution in [2.75, 3.05) is 0 Å². The highest BCUT2D eigenvalue weighted by atomic mass is 35.5. The van der Waals surface area contributed by atoms with Crippen LogP contribution in [0.2, 0.25) is 5.02 Å². The zero-order chi connectivity index (χ0) is 9.64. The number of aromatic hydroxyl groups is 1. The number of benzene rings is 1. The number of phenolic OH excluding ortho intramolecular Hbond substituents is 1. The molecule has 0 aromatic heterocycles. The van der Waals surface area contributed by atoms with E-state index in [0.29, 0.717) is 5.02 Å². The molecule has 0 bridgehead atoms. The van der Waals surface area contributed by atoms with Gasteiger partial charge in [0.05, 0.1) is 5.02 Å². The van der Waals surface area contributed by atoms with E-state index in [1.807, 2.05) is 13.0 Å². The van der Waals surface area contributed by atoms with Crippen LogP contribution in [0.25, 0.3) is 0 Å². The first-order chi connectivity index (χ1) is 6.03. The van der Waals surface area contributed by atoms with Gasteiger partial charge in [0.25, 0.3) is 0 Å². The van der Waals surface area contributed by atoms with Crippen LogP contribution in [-0.2, 0) is 5.54 Å². The fraction of sp³-hybridized carbons (Fsp3) is 0.400. The van der Waals surface area contributed by atoms with Crippen molar-refractivity contribution in [2.45, 2.75) is 25.3 Å². The molecule has 0 radical (unpaired) electrons. The Hall–Kier alpha value is -0.730. The van der Waals surface area contributed by atoms with E-state index in [1.165, 1.54) is 0 Å². The molecule has 0 unspecified atom stereocenters. The van der Waals surface area contributed by atoms with Crippen molar-refractivity contribution in [3.8, 4) is 5.75 Å². The van der Waals surface area contributed by atoms with Crippen molar-refractivity contribution < 1.29 is 5.11 Å². The Morgan fingerprint density at radius 2 is 2.08 bits per heavy atom. The average Bonchev–Trinajstić information content (AvgIpc) is 2.77. The lowest BCUT2D eigenvalue weighted by Gasteiger charge is -2.13. The van der Waals surface area contributed by atoms with E-state index in [1.54, 1.807) is 6.07 Å². The number of phenols is 1. The van der Waals surface area contributed by atoms with Crippen molar-refractivity contribution in [1.29, 1.82) is 0 Å². The van der Waals surface area contributed by atoms with Gasteiger partial charge in [-0.25, -0.2) is 0 Å². The second kappa shape index (κ2) is 2.63. The molecule has 1 fully saturated rings. The largest absolute Gasteiger partial charge is 0.506 e. The standard InChI is InChI=1S/C10H12ClNO/c1-6-4-7(10(12)2-3-10)9(11)8(13)5-6/h4-5,13H,2-3,12H2,1H3. The summed E-state index contributed by atoms with van der Waals surface area (Å²) in [6, 6.07) is 3.60. The monoisotopic (exact) mass is 197 g/mol. The number of rotatable bonds is 1. The van der Waals surface area contributed by atoms with Crippen LogP contribution in [0, 0.1) is 6.92 Å². The molecule has 1 saturated carbocycles. The molecule has 0 atom stereocenters. The topological polar surface area (TPSA) is 46.2 Å². The van der Waals surface area contributed by atoms with E-state index in [0.717, 1.165) is 24.0 Å². The molecule has 1 aromatic carbocycles. The molecule has 0 amide bonds. The summed E-state index contributed by atoms with van der Waals surface area (Å²) in [6.45, 7) is 1.92. The molecule has 3 N–H and O–H groups in total. The van der Waals surface area contributed by atoms with Gasteiger partial charge in [0.2, 0.25) is 0 Å². The molecule has 0 heterocycles. The van der Waals surface area contributed by atoms with Crippen molar-refractivity contribution in [3.63, 3.8) is 0 Å². The van der Waals surface area contributed by atoms with Gasteiger partial charge < -0.3 is 10.8 Å². The zero-order valence-corrected chi connectivity index (χ0v) is 8.23. The van der Waals surface area contributed by atoms with Crippen molar-refractivity contribution >= 4 is 11.6 Å². The summed E-state index contributed by atoms with van der Waals surface area (Å²) in [5, 5.41) is 9.89. The molecular formula is C10H12ClNO. The SMILES string of the molecule is Cc1cc(O)c(Cl)c(C2(N)CC2)c1. The number of hydrogen-bond acceptors (Lipinski definition) is 2. The van der Waals surface area contributed by atoms with Crippen molar-refractivity contribution in [3.05, 3.63) is 28.3 Å². The molecular weight excluding hydrogens is 186 g/mol. The lowest BCUT2D eigenvalue weighted by molar-refractivity contribution is 0.473. The summed E-state index contributed by atoms with van der Waals surface area (Å²) in [5.74, 6) is 0.133. The molecule has 0 aliphatic heterocycles. The average molecular weight is 198 g/mol. The number of halogens is 1. The maximum Gasteiger partial charge on any atom is 0.134 e. The van der Waals surface area contributed by atoms with Crippen molar-refractivity contribution in [2.24, 2.45) is 5.73 Å². The summed E-state index contributed by atoms with van der Waals surface area (Å²) < 4.78 is 0. The van der Waals surface area contributed by atoms with Gasteiger partial charge in [-0.3, -0.25) is 0 Å². The Labute approximate surface area is 82.3 Å². The summed E-state index contributed by atoms with van der Waals surface area (Å²) >= 11 is 5.96. The van der Waals surface area contributed by atoms with Crippen molar-refractivity contribution in [1.82, 2.24) is 0 Å². The van der Waals surface area contributed by atoms with Gasteiger partial charge in [-0.2, -0.15) is 0 Å². The van der Waals surface area contributed by atoms with Crippen LogP contribution in [0.15, 0.2) is 12.1 Å². The Morgan fingerprint density at radius 3 is 2.62 bits per heavy atom. The maximum atomic E-state index is 9.48. The highest BCUT2D eigenvalue weighted by Crippen LogP contribution is 2.47. The molecule has 13 heavy (non-hydrogen) atoms. The molecule has 1 aliphatic rings. The predicted molar refractivity (Wildman–Crippen MR) is 53.0 cm³/mol. The Balaban J connectivity index is 2.56. The fourth-order valence-corrected chi connectivity index (χ4v) is 1.81. The van der Waals surface area contributed by atoms with E-state index < -0.39 is 0 Å². The summed E-state index contributed by atoms with van der Waals surface area (Å²) in [4.78, 5) is 0. The smallest absolute Gasteiger partial charge is 0.134 e. The third kappa shape index (κ3) is 1.40. The Kier molecular flexibility index (Phi) is 1.79. The maximum absolute atomic E-state index is 9.48. The summed E-state index contributed by atoms with van der Waals surface area (Å²) in [5.41, 5.74) is 7.61. The molecule has 70 valence electrons. The van der Waals surface area contributed by atoms with Crippen LogP contribution in [0.5, 0.6) is 5.75 Å². The quantitative estimate of drug-likeness (QED) is 0.726.